The lowest BCUT2D eigenvalue weighted by Crippen LogP contribution is -2.37. The molecule has 0 radical (unpaired) electrons. The molecule has 0 unspecified atom stereocenters. The van der Waals surface area contributed by atoms with Gasteiger partial charge in [0.2, 0.25) is 0 Å². The average Bonchev–Trinajstić information content (AvgIpc) is 1.81. The van der Waals surface area contributed by atoms with Crippen LogP contribution in [-0.4, -0.2) is 32.1 Å². The van der Waals surface area contributed by atoms with Gasteiger partial charge >= 0.3 is 9.53 Å². The molecule has 0 saturated carbocycles. The van der Waals surface area contributed by atoms with Gasteiger partial charge in [0.1, 0.15) is 0 Å². The van der Waals surface area contributed by atoms with Gasteiger partial charge in [-0.05, 0) is 19.6 Å². The minimum Gasteiger partial charge on any atom is -0.418 e. The van der Waals surface area contributed by atoms with E-state index in [1.165, 1.54) is 0 Å². The average molecular weight is 180 g/mol. The SMILES string of the molecule is CO[SiH](OC)O[Si](C)(C)C. The zero-order valence-corrected chi connectivity index (χ0v) is 9.46. The highest BCUT2D eigenvalue weighted by Gasteiger charge is 2.22. The lowest BCUT2D eigenvalue weighted by atomic mass is 11.8. The Labute approximate surface area is 65.4 Å². The van der Waals surface area contributed by atoms with Crippen molar-refractivity contribution < 1.29 is 13.0 Å². The summed E-state index contributed by atoms with van der Waals surface area (Å²) in [7, 11) is 0.0451. The molecular formula is C5H16O3Si2. The van der Waals surface area contributed by atoms with Gasteiger partial charge in [-0.25, -0.2) is 0 Å². The number of hydrogen-bond donors (Lipinski definition) is 0. The maximum Gasteiger partial charge on any atom is 0.473 e. The van der Waals surface area contributed by atoms with Crippen molar-refractivity contribution in [3.8, 4) is 0 Å². The molecule has 0 atom stereocenters. The van der Waals surface area contributed by atoms with Crippen LogP contribution in [-0.2, 0) is 13.0 Å². The fraction of sp³-hybridized carbons (Fsp3) is 1.00. The van der Waals surface area contributed by atoms with E-state index in [4.69, 9.17) is 13.0 Å². The highest BCUT2D eigenvalue weighted by molar-refractivity contribution is 6.74. The van der Waals surface area contributed by atoms with Crippen LogP contribution in [0, 0.1) is 0 Å². The van der Waals surface area contributed by atoms with Gasteiger partial charge in [-0.2, -0.15) is 0 Å². The van der Waals surface area contributed by atoms with E-state index in [2.05, 4.69) is 19.6 Å². The van der Waals surface area contributed by atoms with Gasteiger partial charge in [0.15, 0.2) is 8.32 Å². The molecule has 5 heteroatoms. The molecule has 0 heterocycles. The van der Waals surface area contributed by atoms with Crippen LogP contribution < -0.4 is 0 Å². The Hall–Kier alpha value is 0.314. The molecule has 0 N–H and O–H groups in total. The van der Waals surface area contributed by atoms with E-state index in [1.807, 2.05) is 0 Å². The first-order chi connectivity index (χ1) is 4.49. The highest BCUT2D eigenvalue weighted by atomic mass is 28.4. The van der Waals surface area contributed by atoms with Crippen molar-refractivity contribution in [3.05, 3.63) is 0 Å². The molecule has 0 spiro atoms. The summed E-state index contributed by atoms with van der Waals surface area (Å²) in [5, 5.41) is 0. The Morgan fingerprint density at radius 2 is 1.40 bits per heavy atom. The number of rotatable bonds is 4. The second kappa shape index (κ2) is 4.25. The molecule has 0 aliphatic rings. The van der Waals surface area contributed by atoms with E-state index in [1.54, 1.807) is 14.2 Å². The monoisotopic (exact) mass is 180 g/mol. The molecule has 0 saturated heterocycles. The topological polar surface area (TPSA) is 27.7 Å². The van der Waals surface area contributed by atoms with E-state index >= 15 is 0 Å². The predicted octanol–water partition coefficient (Wildman–Crippen LogP) is 0.848. The molecule has 0 fully saturated rings. The molecule has 0 amide bonds. The van der Waals surface area contributed by atoms with Crippen LogP contribution in [0.3, 0.4) is 0 Å². The van der Waals surface area contributed by atoms with Crippen LogP contribution in [0.25, 0.3) is 0 Å². The van der Waals surface area contributed by atoms with Crippen LogP contribution in [0.2, 0.25) is 19.6 Å². The Balaban J connectivity index is 3.63. The van der Waals surface area contributed by atoms with Crippen molar-refractivity contribution in [2.24, 2.45) is 0 Å². The van der Waals surface area contributed by atoms with Crippen molar-refractivity contribution >= 4 is 17.8 Å². The van der Waals surface area contributed by atoms with Gasteiger partial charge in [0.25, 0.3) is 0 Å². The van der Waals surface area contributed by atoms with Gasteiger partial charge in [0, 0.05) is 14.2 Å². The smallest absolute Gasteiger partial charge is 0.418 e. The van der Waals surface area contributed by atoms with Crippen LogP contribution in [0.15, 0.2) is 0 Å². The molecular weight excluding hydrogens is 164 g/mol. The van der Waals surface area contributed by atoms with Crippen molar-refractivity contribution in [2.75, 3.05) is 14.2 Å². The van der Waals surface area contributed by atoms with E-state index in [-0.39, 0.29) is 0 Å². The van der Waals surface area contributed by atoms with E-state index in [0.29, 0.717) is 0 Å². The fourth-order valence-electron chi connectivity index (χ4n) is 0.481. The zero-order valence-electron chi connectivity index (χ0n) is 7.30. The molecule has 0 aromatic carbocycles. The first-order valence-corrected chi connectivity index (χ1v) is 8.05. The van der Waals surface area contributed by atoms with Crippen molar-refractivity contribution in [1.29, 1.82) is 0 Å². The first-order valence-electron chi connectivity index (χ1n) is 3.23. The maximum absolute atomic E-state index is 5.57. The molecule has 0 aliphatic heterocycles. The molecule has 62 valence electrons. The first kappa shape index (κ1) is 10.3. The molecule has 0 rings (SSSR count). The zero-order chi connectivity index (χ0) is 8.20. The van der Waals surface area contributed by atoms with Crippen LogP contribution in [0.1, 0.15) is 0 Å². The third kappa shape index (κ3) is 5.13. The van der Waals surface area contributed by atoms with Crippen molar-refractivity contribution in [2.45, 2.75) is 19.6 Å². The minimum atomic E-state index is -1.76. The molecule has 10 heavy (non-hydrogen) atoms. The van der Waals surface area contributed by atoms with Gasteiger partial charge in [-0.1, -0.05) is 0 Å². The summed E-state index contributed by atoms with van der Waals surface area (Å²) in [6.07, 6.45) is 0. The van der Waals surface area contributed by atoms with Gasteiger partial charge in [-0.15, -0.1) is 0 Å². The second-order valence-electron chi connectivity index (χ2n) is 2.99. The predicted molar refractivity (Wildman–Crippen MR) is 45.6 cm³/mol. The summed E-state index contributed by atoms with van der Waals surface area (Å²) in [5.74, 6) is 0. The third-order valence-electron chi connectivity index (χ3n) is 0.835. The van der Waals surface area contributed by atoms with Gasteiger partial charge < -0.3 is 13.0 Å². The van der Waals surface area contributed by atoms with Gasteiger partial charge in [0.05, 0.1) is 0 Å². The maximum atomic E-state index is 5.57. The van der Waals surface area contributed by atoms with E-state index in [9.17, 15) is 0 Å². The van der Waals surface area contributed by atoms with Crippen molar-refractivity contribution in [1.82, 2.24) is 0 Å². The van der Waals surface area contributed by atoms with Crippen LogP contribution in [0.5, 0.6) is 0 Å². The summed E-state index contributed by atoms with van der Waals surface area (Å²) < 4.78 is 15.6. The van der Waals surface area contributed by atoms with Crippen LogP contribution in [0.4, 0.5) is 0 Å². The van der Waals surface area contributed by atoms with E-state index < -0.39 is 17.8 Å². The molecule has 3 nitrogen and oxygen atoms in total. The lowest BCUT2D eigenvalue weighted by Gasteiger charge is -2.21. The summed E-state index contributed by atoms with van der Waals surface area (Å²) in [5.41, 5.74) is 0. The minimum absolute atomic E-state index is 1.45. The van der Waals surface area contributed by atoms with Crippen molar-refractivity contribution in [3.63, 3.8) is 0 Å². The van der Waals surface area contributed by atoms with Crippen LogP contribution >= 0.6 is 0 Å². The fourth-order valence-corrected chi connectivity index (χ4v) is 3.75. The summed E-state index contributed by atoms with van der Waals surface area (Å²) in [6.45, 7) is 6.35. The number of hydrogen-bond acceptors (Lipinski definition) is 3. The summed E-state index contributed by atoms with van der Waals surface area (Å²) in [4.78, 5) is 0. The molecule has 0 aliphatic carbocycles. The Bertz CT molecular complexity index is 87.4. The largest absolute Gasteiger partial charge is 0.473 e. The lowest BCUT2D eigenvalue weighted by molar-refractivity contribution is 0.199. The molecule has 0 aromatic rings. The summed E-state index contributed by atoms with van der Waals surface area (Å²) in [6, 6.07) is 0. The Morgan fingerprint density at radius 1 is 1.00 bits per heavy atom. The van der Waals surface area contributed by atoms with Gasteiger partial charge in [-0.3, -0.25) is 0 Å². The quantitative estimate of drug-likeness (QED) is 0.600. The Morgan fingerprint density at radius 3 is 1.50 bits per heavy atom. The Kier molecular flexibility index (Phi) is 4.38. The third-order valence-corrected chi connectivity index (χ3v) is 5.20. The normalized spacial score (nSPS) is 12.6. The second-order valence-corrected chi connectivity index (χ2v) is 9.68. The molecule has 0 aromatic heterocycles. The summed E-state index contributed by atoms with van der Waals surface area (Å²) >= 11 is 0. The molecule has 0 bridgehead atoms. The van der Waals surface area contributed by atoms with E-state index in [0.717, 1.165) is 0 Å². The highest BCUT2D eigenvalue weighted by Crippen LogP contribution is 2.04. The standard InChI is InChI=1S/C5H16O3Si2/c1-6-9(7-2)8-10(3,4)5/h9H,1-5H3.